The number of carbonyl (C=O) groups is 4. The highest BCUT2D eigenvalue weighted by atomic mass is 35.5. The third kappa shape index (κ3) is 8.61. The Morgan fingerprint density at radius 3 is 1.38 bits per heavy atom. The number of halogens is 2. The minimum atomic E-state index is -0.723. The SMILES string of the molecule is COC(=O)C12CC(N3C=C4CC(OC)CC[C@@]4(c4ccc(CCC(C)(C)C)c(Cl)c4)CC3=O)(C1)C2.COC1CC[C@@]2(c3ccc(CCC(C)(C)C)c(Cl)c3)CC(=O)N(C34CC(C(=O)O)(C3)C4)C=C2C1. The number of nitrogens with zero attached hydrogens (tertiary/aromatic N) is 2. The van der Waals surface area contributed by atoms with Gasteiger partial charge in [0, 0.05) is 60.3 Å². The van der Waals surface area contributed by atoms with E-state index in [1.54, 1.807) is 14.2 Å². The summed E-state index contributed by atoms with van der Waals surface area (Å²) in [7, 11) is 4.97. The van der Waals surface area contributed by atoms with Crippen molar-refractivity contribution in [2.75, 3.05) is 21.3 Å². The Kier molecular flexibility index (Phi) is 12.8. The lowest BCUT2D eigenvalue weighted by atomic mass is 9.38. The molecule has 2 aliphatic heterocycles. The molecule has 0 radical (unpaired) electrons. The Morgan fingerprint density at radius 2 is 1.04 bits per heavy atom. The predicted octanol–water partition coefficient (Wildman–Crippen LogP) is 11.8. The molecule has 8 aliphatic carbocycles. The van der Waals surface area contributed by atoms with E-state index in [1.165, 1.54) is 23.8 Å². The lowest BCUT2D eigenvalue weighted by molar-refractivity contribution is -0.226. The number of hydrogen-bond donors (Lipinski definition) is 1. The highest BCUT2D eigenvalue weighted by molar-refractivity contribution is 6.31. The summed E-state index contributed by atoms with van der Waals surface area (Å²) in [5.41, 5.74) is 5.35. The summed E-state index contributed by atoms with van der Waals surface area (Å²) in [5.74, 6) is -0.606. The van der Waals surface area contributed by atoms with E-state index in [0.29, 0.717) is 51.4 Å². The molecule has 374 valence electrons. The Hall–Kier alpha value is -3.70. The van der Waals surface area contributed by atoms with Gasteiger partial charge >= 0.3 is 11.9 Å². The molecule has 12 heteroatoms. The standard InChI is InChI=1S/C29H38ClNO4.C28H36ClNO4/c1-26(2,3)10-8-19-6-7-20(13-23(19)30)29-11-9-22(34-4)12-21(29)15-31(24(32)14-29)28-16-27(17-28,18-28)25(33)35-5;1-25(2,3)9-7-18-5-6-19(12-22(18)29)28-10-8-21(34-4)11-20(28)14-30(23(31)13-28)27-15-26(16-27,17-27)24(32)33/h6-7,13,15,22H,8-12,14,16-18H2,1-5H3;5-6,12,14,21H,7-11,13,15-17H2,1-4H3,(H,32,33)/t22?,27?,28?,29-;21?,26?,27?,28-/m00/s1. The van der Waals surface area contributed by atoms with Crippen LogP contribution in [0.3, 0.4) is 0 Å². The molecule has 12 rings (SSSR count). The largest absolute Gasteiger partial charge is 0.481 e. The highest BCUT2D eigenvalue weighted by Gasteiger charge is 2.76. The number of benzene rings is 2. The lowest BCUT2D eigenvalue weighted by Gasteiger charge is -2.72. The number of carboxylic acids is 1. The molecule has 0 spiro atoms. The van der Waals surface area contributed by atoms with E-state index in [0.717, 1.165) is 90.9 Å². The number of fused-ring (bicyclic) bond motifs is 2. The van der Waals surface area contributed by atoms with Crippen LogP contribution in [0.15, 0.2) is 59.9 Å². The van der Waals surface area contributed by atoms with Crippen molar-refractivity contribution in [1.29, 1.82) is 0 Å². The highest BCUT2D eigenvalue weighted by Crippen LogP contribution is 2.72. The van der Waals surface area contributed by atoms with Crippen molar-refractivity contribution < 1.29 is 38.5 Å². The van der Waals surface area contributed by atoms with Gasteiger partial charge in [-0.25, -0.2) is 0 Å². The molecule has 4 atom stereocenters. The van der Waals surface area contributed by atoms with Gasteiger partial charge in [-0.2, -0.15) is 0 Å². The number of ether oxygens (including phenoxy) is 3. The summed E-state index contributed by atoms with van der Waals surface area (Å²) >= 11 is 13.6. The van der Waals surface area contributed by atoms with Crippen LogP contribution in [0.25, 0.3) is 0 Å². The molecule has 4 bridgehead atoms. The van der Waals surface area contributed by atoms with Crippen LogP contribution < -0.4 is 0 Å². The first-order chi connectivity index (χ1) is 32.4. The molecule has 8 saturated carbocycles. The monoisotopic (exact) mass is 984 g/mol. The molecule has 2 aromatic rings. The van der Waals surface area contributed by atoms with E-state index >= 15 is 0 Å². The number of esters is 1. The Bertz CT molecular complexity index is 2460. The van der Waals surface area contributed by atoms with Crippen molar-refractivity contribution in [3.05, 3.63) is 92.2 Å². The molecule has 2 amide bonds. The van der Waals surface area contributed by atoms with Crippen molar-refractivity contribution in [3.63, 3.8) is 0 Å². The van der Waals surface area contributed by atoms with Crippen LogP contribution in [0.4, 0.5) is 0 Å². The van der Waals surface area contributed by atoms with Gasteiger partial charge < -0.3 is 29.1 Å². The van der Waals surface area contributed by atoms with Gasteiger partial charge in [0.05, 0.1) is 41.2 Å². The van der Waals surface area contributed by atoms with Gasteiger partial charge in [0.25, 0.3) is 0 Å². The summed E-state index contributed by atoms with van der Waals surface area (Å²) in [6, 6.07) is 12.9. The summed E-state index contributed by atoms with van der Waals surface area (Å²) < 4.78 is 16.5. The van der Waals surface area contributed by atoms with Crippen LogP contribution >= 0.6 is 23.2 Å². The quantitative estimate of drug-likeness (QED) is 0.209. The smallest absolute Gasteiger partial charge is 0.312 e. The van der Waals surface area contributed by atoms with Gasteiger partial charge in [-0.3, -0.25) is 19.2 Å². The number of methoxy groups -OCH3 is 3. The summed E-state index contributed by atoms with van der Waals surface area (Å²) in [6.07, 6.45) is 18.3. The van der Waals surface area contributed by atoms with E-state index in [1.807, 2.05) is 9.80 Å². The van der Waals surface area contributed by atoms with Crippen molar-refractivity contribution in [3.8, 4) is 0 Å². The van der Waals surface area contributed by atoms with Gasteiger partial charge in [-0.05, 0) is 159 Å². The molecule has 2 heterocycles. The molecular weight excluding hydrogens is 912 g/mol. The normalized spacial score (nSPS) is 34.2. The average molecular weight is 986 g/mol. The van der Waals surface area contributed by atoms with E-state index in [2.05, 4.69) is 90.3 Å². The zero-order valence-corrected chi connectivity index (χ0v) is 44.0. The average Bonchev–Trinajstić information content (AvgIpc) is 3.23. The van der Waals surface area contributed by atoms with Crippen LogP contribution in [0, 0.1) is 21.7 Å². The van der Waals surface area contributed by atoms with Crippen LogP contribution in [0.1, 0.15) is 167 Å². The predicted molar refractivity (Wildman–Crippen MR) is 268 cm³/mol. The molecule has 69 heavy (non-hydrogen) atoms. The molecule has 10 nitrogen and oxygen atoms in total. The number of carbonyl (C=O) groups excluding carboxylic acids is 3. The fourth-order valence-corrected chi connectivity index (χ4v) is 14.5. The second-order valence-electron chi connectivity index (χ2n) is 25.2. The van der Waals surface area contributed by atoms with Gasteiger partial charge in [-0.15, -0.1) is 0 Å². The van der Waals surface area contributed by atoms with Gasteiger partial charge in [-0.1, -0.05) is 89.0 Å². The van der Waals surface area contributed by atoms with Crippen LogP contribution in [-0.4, -0.2) is 83.3 Å². The number of amides is 2. The van der Waals surface area contributed by atoms with Gasteiger partial charge in [0.1, 0.15) is 0 Å². The fourth-order valence-electron chi connectivity index (χ4n) is 13.9. The fraction of sp³-hybridized carbons (Fsp3) is 0.649. The molecule has 0 saturated heterocycles. The number of rotatable bonds is 12. The molecule has 2 aromatic carbocycles. The Labute approximate surface area is 419 Å². The van der Waals surface area contributed by atoms with Crippen molar-refractivity contribution in [2.45, 2.75) is 191 Å². The minimum Gasteiger partial charge on any atom is -0.481 e. The molecule has 8 fully saturated rings. The molecule has 2 unspecified atom stereocenters. The van der Waals surface area contributed by atoms with Crippen molar-refractivity contribution in [2.24, 2.45) is 21.7 Å². The maximum atomic E-state index is 13.7. The van der Waals surface area contributed by atoms with Crippen LogP contribution in [-0.2, 0) is 57.1 Å². The molecular formula is C57H74Cl2N2O8. The number of aliphatic carboxylic acids is 1. The van der Waals surface area contributed by atoms with Crippen LogP contribution in [0.2, 0.25) is 10.0 Å². The maximum Gasteiger partial charge on any atom is 0.312 e. The van der Waals surface area contributed by atoms with Crippen molar-refractivity contribution >= 4 is 47.0 Å². The summed E-state index contributed by atoms with van der Waals surface area (Å²) in [4.78, 5) is 54.9. The molecule has 0 aromatic heterocycles. The molecule has 10 aliphatic rings. The number of carboxylic acid groups (broad SMARTS) is 1. The van der Waals surface area contributed by atoms with E-state index in [-0.39, 0.29) is 68.1 Å². The topological polar surface area (TPSA) is 123 Å². The summed E-state index contributed by atoms with van der Waals surface area (Å²) in [5, 5.41) is 11.1. The van der Waals surface area contributed by atoms with E-state index in [9.17, 15) is 24.3 Å². The second kappa shape index (κ2) is 17.5. The first-order valence-corrected chi connectivity index (χ1v) is 26.2. The van der Waals surface area contributed by atoms with Crippen molar-refractivity contribution in [1.82, 2.24) is 9.80 Å². The van der Waals surface area contributed by atoms with E-state index < -0.39 is 11.4 Å². The summed E-state index contributed by atoms with van der Waals surface area (Å²) in [6.45, 7) is 13.5. The maximum absolute atomic E-state index is 13.7. The van der Waals surface area contributed by atoms with Gasteiger partial charge in [0.15, 0.2) is 0 Å². The molecule has 1 N–H and O–H groups in total. The second-order valence-corrected chi connectivity index (χ2v) is 26.0. The van der Waals surface area contributed by atoms with Gasteiger partial charge in [0.2, 0.25) is 11.8 Å². The number of hydrogen-bond acceptors (Lipinski definition) is 7. The zero-order valence-electron chi connectivity index (χ0n) is 42.5. The minimum absolute atomic E-state index is 0.103. The Morgan fingerprint density at radius 1 is 0.652 bits per heavy atom. The third-order valence-corrected chi connectivity index (χ3v) is 18.9. The van der Waals surface area contributed by atoms with Crippen LogP contribution in [0.5, 0.6) is 0 Å². The third-order valence-electron chi connectivity index (χ3n) is 18.2. The zero-order chi connectivity index (χ0) is 49.7. The number of aryl methyl sites for hydroxylation is 2. The Balaban J connectivity index is 0.000000172. The van der Waals surface area contributed by atoms with E-state index in [4.69, 9.17) is 37.4 Å². The first kappa shape index (κ1) is 50.2. The lowest BCUT2D eigenvalue weighted by Crippen LogP contribution is -2.77. The first-order valence-electron chi connectivity index (χ1n) is 25.4.